The minimum absolute atomic E-state index is 0.356. The van der Waals surface area contributed by atoms with Crippen LogP contribution in [0.25, 0.3) is 10.6 Å². The van der Waals surface area contributed by atoms with Crippen molar-refractivity contribution in [1.82, 2.24) is 20.0 Å². The van der Waals surface area contributed by atoms with Crippen LogP contribution in [0.3, 0.4) is 0 Å². The van der Waals surface area contributed by atoms with E-state index in [2.05, 4.69) is 20.4 Å². The standard InChI is InChI=1S/C17H20N4O2S/c1-2-15-19-16(20-23-15)12-4-3-6-21(8-12)9-14-11-24-17(18-14)13-5-7-22-10-13/h5,7,10-12H,2-4,6,8-9H2,1H3/t12-/m0/s1. The molecule has 0 radical (unpaired) electrons. The summed E-state index contributed by atoms with van der Waals surface area (Å²) in [7, 11) is 0. The van der Waals surface area contributed by atoms with E-state index in [0.29, 0.717) is 5.92 Å². The predicted molar refractivity (Wildman–Crippen MR) is 90.7 cm³/mol. The molecule has 7 heteroatoms. The molecule has 126 valence electrons. The summed E-state index contributed by atoms with van der Waals surface area (Å²) >= 11 is 1.66. The topological polar surface area (TPSA) is 68.2 Å². The van der Waals surface area contributed by atoms with E-state index < -0.39 is 0 Å². The van der Waals surface area contributed by atoms with E-state index in [4.69, 9.17) is 13.9 Å². The molecule has 1 atom stereocenters. The molecule has 0 saturated carbocycles. The fourth-order valence-electron chi connectivity index (χ4n) is 3.11. The molecule has 1 aliphatic heterocycles. The highest BCUT2D eigenvalue weighted by atomic mass is 32.1. The van der Waals surface area contributed by atoms with Crippen LogP contribution in [0, 0.1) is 0 Å². The van der Waals surface area contributed by atoms with Crippen LogP contribution in [0.1, 0.15) is 43.1 Å². The van der Waals surface area contributed by atoms with Gasteiger partial charge in [-0.2, -0.15) is 4.98 Å². The maximum atomic E-state index is 5.27. The number of piperidine rings is 1. The largest absolute Gasteiger partial charge is 0.472 e. The second-order valence-electron chi connectivity index (χ2n) is 6.13. The summed E-state index contributed by atoms with van der Waals surface area (Å²) in [5.41, 5.74) is 2.15. The molecule has 0 N–H and O–H groups in total. The van der Waals surface area contributed by atoms with Gasteiger partial charge in [-0.25, -0.2) is 4.98 Å². The molecule has 1 fully saturated rings. The summed E-state index contributed by atoms with van der Waals surface area (Å²) in [6.45, 7) is 4.95. The van der Waals surface area contributed by atoms with Crippen LogP contribution >= 0.6 is 11.3 Å². The summed E-state index contributed by atoms with van der Waals surface area (Å²) < 4.78 is 10.4. The lowest BCUT2D eigenvalue weighted by molar-refractivity contribution is 0.193. The molecule has 4 heterocycles. The number of hydrogen-bond donors (Lipinski definition) is 0. The normalized spacial score (nSPS) is 19.0. The summed E-state index contributed by atoms with van der Waals surface area (Å²) in [4.78, 5) is 11.7. The first-order valence-corrected chi connectivity index (χ1v) is 9.21. The zero-order valence-electron chi connectivity index (χ0n) is 13.6. The Bertz CT molecular complexity index is 780. The second-order valence-corrected chi connectivity index (χ2v) is 6.99. The van der Waals surface area contributed by atoms with E-state index in [1.54, 1.807) is 23.9 Å². The second kappa shape index (κ2) is 6.86. The average molecular weight is 344 g/mol. The van der Waals surface area contributed by atoms with Gasteiger partial charge < -0.3 is 8.94 Å². The lowest BCUT2D eigenvalue weighted by atomic mass is 9.97. The van der Waals surface area contributed by atoms with E-state index >= 15 is 0 Å². The van der Waals surface area contributed by atoms with Gasteiger partial charge in [0.15, 0.2) is 5.82 Å². The molecule has 4 rings (SSSR count). The van der Waals surface area contributed by atoms with Crippen molar-refractivity contribution in [3.8, 4) is 10.6 Å². The first-order chi connectivity index (χ1) is 11.8. The molecule has 3 aromatic heterocycles. The smallest absolute Gasteiger partial charge is 0.226 e. The third-order valence-electron chi connectivity index (χ3n) is 4.36. The highest BCUT2D eigenvalue weighted by Gasteiger charge is 2.25. The molecule has 0 aliphatic carbocycles. The van der Waals surface area contributed by atoms with Gasteiger partial charge in [-0.15, -0.1) is 11.3 Å². The Labute approximate surface area is 144 Å². The Morgan fingerprint density at radius 3 is 3.12 bits per heavy atom. The Morgan fingerprint density at radius 2 is 2.33 bits per heavy atom. The molecule has 0 amide bonds. The minimum Gasteiger partial charge on any atom is -0.472 e. The van der Waals surface area contributed by atoms with Crippen LogP contribution in [0.5, 0.6) is 0 Å². The van der Waals surface area contributed by atoms with Gasteiger partial charge in [0.05, 0.1) is 12.0 Å². The summed E-state index contributed by atoms with van der Waals surface area (Å²) in [6.07, 6.45) is 6.48. The first-order valence-electron chi connectivity index (χ1n) is 8.33. The van der Waals surface area contributed by atoms with Crippen molar-refractivity contribution in [2.24, 2.45) is 0 Å². The number of nitrogens with zero attached hydrogens (tertiary/aromatic N) is 4. The zero-order valence-corrected chi connectivity index (χ0v) is 14.5. The third-order valence-corrected chi connectivity index (χ3v) is 5.30. The van der Waals surface area contributed by atoms with Gasteiger partial charge in [0.25, 0.3) is 0 Å². The molecule has 24 heavy (non-hydrogen) atoms. The van der Waals surface area contributed by atoms with Crippen molar-refractivity contribution >= 4 is 11.3 Å². The van der Waals surface area contributed by atoms with Crippen LogP contribution in [-0.2, 0) is 13.0 Å². The first kappa shape index (κ1) is 15.5. The van der Waals surface area contributed by atoms with Gasteiger partial charge in [-0.05, 0) is 25.5 Å². The number of aromatic nitrogens is 3. The Hall–Kier alpha value is -1.99. The summed E-state index contributed by atoms with van der Waals surface area (Å²) in [5, 5.41) is 7.30. The van der Waals surface area contributed by atoms with Crippen LogP contribution in [0.4, 0.5) is 0 Å². The number of furan rings is 1. The van der Waals surface area contributed by atoms with Crippen molar-refractivity contribution in [2.45, 2.75) is 38.6 Å². The maximum absolute atomic E-state index is 5.27. The van der Waals surface area contributed by atoms with Gasteiger partial charge in [0, 0.05) is 36.4 Å². The Morgan fingerprint density at radius 1 is 1.38 bits per heavy atom. The number of hydrogen-bond acceptors (Lipinski definition) is 7. The molecule has 0 spiro atoms. The molecule has 0 unspecified atom stereocenters. The van der Waals surface area contributed by atoms with Crippen molar-refractivity contribution in [3.63, 3.8) is 0 Å². The van der Waals surface area contributed by atoms with E-state index in [1.807, 2.05) is 13.0 Å². The Kier molecular flexibility index (Phi) is 4.44. The molecule has 1 aliphatic rings. The molecule has 6 nitrogen and oxygen atoms in total. The lowest BCUT2D eigenvalue weighted by Gasteiger charge is -2.30. The summed E-state index contributed by atoms with van der Waals surface area (Å²) in [5.74, 6) is 1.94. The van der Waals surface area contributed by atoms with Gasteiger partial charge in [-0.1, -0.05) is 12.1 Å². The van der Waals surface area contributed by atoms with Crippen LogP contribution in [0.2, 0.25) is 0 Å². The zero-order chi connectivity index (χ0) is 16.4. The molecule has 0 bridgehead atoms. The fraction of sp³-hybridized carbons (Fsp3) is 0.471. The van der Waals surface area contributed by atoms with Crippen molar-refractivity contribution in [3.05, 3.63) is 41.4 Å². The van der Waals surface area contributed by atoms with Crippen LogP contribution in [0.15, 0.2) is 32.9 Å². The fourth-order valence-corrected chi connectivity index (χ4v) is 3.91. The van der Waals surface area contributed by atoms with E-state index in [1.165, 1.54) is 0 Å². The molecule has 0 aromatic carbocycles. The summed E-state index contributed by atoms with van der Waals surface area (Å²) in [6, 6.07) is 1.95. The molecule has 3 aromatic rings. The number of likely N-dealkylation sites (tertiary alicyclic amines) is 1. The predicted octanol–water partition coefficient (Wildman–Crippen LogP) is 3.73. The van der Waals surface area contributed by atoms with Crippen LogP contribution < -0.4 is 0 Å². The molecular weight excluding hydrogens is 324 g/mol. The monoisotopic (exact) mass is 344 g/mol. The van der Waals surface area contributed by atoms with Gasteiger partial charge >= 0.3 is 0 Å². The SMILES string of the molecule is CCc1nc([C@H]2CCCN(Cc3csc(-c4ccoc4)n3)C2)no1. The minimum atomic E-state index is 0.356. The quantitative estimate of drug-likeness (QED) is 0.702. The average Bonchev–Trinajstić information content (AvgIpc) is 3.36. The van der Waals surface area contributed by atoms with Crippen molar-refractivity contribution < 1.29 is 8.94 Å². The van der Waals surface area contributed by atoms with E-state index in [9.17, 15) is 0 Å². The van der Waals surface area contributed by atoms with Gasteiger partial charge in [0.1, 0.15) is 11.3 Å². The third kappa shape index (κ3) is 3.27. The lowest BCUT2D eigenvalue weighted by Crippen LogP contribution is -2.34. The van der Waals surface area contributed by atoms with Gasteiger partial charge in [0.2, 0.25) is 5.89 Å². The van der Waals surface area contributed by atoms with Crippen molar-refractivity contribution in [1.29, 1.82) is 0 Å². The number of aryl methyl sites for hydroxylation is 1. The highest BCUT2D eigenvalue weighted by Crippen LogP contribution is 2.28. The molecule has 1 saturated heterocycles. The maximum Gasteiger partial charge on any atom is 0.226 e. The van der Waals surface area contributed by atoms with Gasteiger partial charge in [-0.3, -0.25) is 4.90 Å². The van der Waals surface area contributed by atoms with Crippen molar-refractivity contribution in [2.75, 3.05) is 13.1 Å². The van der Waals surface area contributed by atoms with E-state index in [-0.39, 0.29) is 0 Å². The number of rotatable bonds is 5. The number of thiazole rings is 1. The molecular formula is C17H20N4O2S. The van der Waals surface area contributed by atoms with Crippen LogP contribution in [-0.4, -0.2) is 33.1 Å². The van der Waals surface area contributed by atoms with E-state index in [0.717, 1.165) is 66.9 Å². The highest BCUT2D eigenvalue weighted by molar-refractivity contribution is 7.13. The Balaban J connectivity index is 1.41.